The average Bonchev–Trinajstić information content (AvgIpc) is 2.88. The summed E-state index contributed by atoms with van der Waals surface area (Å²) in [5, 5.41) is 3.34. The first-order chi connectivity index (χ1) is 6.58. The molecule has 14 heavy (non-hydrogen) atoms. The van der Waals surface area contributed by atoms with Crippen molar-refractivity contribution in [3.05, 3.63) is 0 Å². The van der Waals surface area contributed by atoms with E-state index in [1.807, 2.05) is 18.7 Å². The molecule has 3 nitrogen and oxygen atoms in total. The van der Waals surface area contributed by atoms with Crippen molar-refractivity contribution in [1.82, 2.24) is 5.32 Å². The second-order valence-corrected chi connectivity index (χ2v) is 5.46. The summed E-state index contributed by atoms with van der Waals surface area (Å²) in [6.45, 7) is 4.05. The Morgan fingerprint density at radius 3 is 2.71 bits per heavy atom. The van der Waals surface area contributed by atoms with Gasteiger partial charge in [-0.1, -0.05) is 6.92 Å². The van der Waals surface area contributed by atoms with Gasteiger partial charge in [0.15, 0.2) is 0 Å². The molecule has 3 N–H and O–H groups in total. The highest BCUT2D eigenvalue weighted by molar-refractivity contribution is 7.99. The number of hydrogen-bond donors (Lipinski definition) is 2. The molecule has 1 atom stereocenters. The van der Waals surface area contributed by atoms with Crippen LogP contribution < -0.4 is 11.1 Å². The zero-order chi connectivity index (χ0) is 10.6. The molecule has 1 aliphatic carbocycles. The van der Waals surface area contributed by atoms with Crippen LogP contribution in [0.5, 0.6) is 0 Å². The monoisotopic (exact) mass is 216 g/mol. The number of primary amides is 1. The van der Waals surface area contributed by atoms with E-state index in [9.17, 15) is 4.79 Å². The van der Waals surface area contributed by atoms with Gasteiger partial charge in [-0.25, -0.2) is 0 Å². The minimum Gasteiger partial charge on any atom is -0.368 e. The first kappa shape index (κ1) is 11.9. The highest BCUT2D eigenvalue weighted by Gasteiger charge is 2.36. The maximum Gasteiger partial charge on any atom is 0.237 e. The largest absolute Gasteiger partial charge is 0.368 e. The van der Waals surface area contributed by atoms with E-state index in [1.165, 1.54) is 12.8 Å². The molecule has 0 aromatic rings. The molecule has 0 aliphatic heterocycles. The van der Waals surface area contributed by atoms with Gasteiger partial charge in [-0.05, 0) is 37.7 Å². The Kier molecular flexibility index (Phi) is 4.26. The lowest BCUT2D eigenvalue weighted by Gasteiger charge is -2.27. The van der Waals surface area contributed by atoms with Gasteiger partial charge < -0.3 is 11.1 Å². The fourth-order valence-electron chi connectivity index (χ4n) is 1.37. The van der Waals surface area contributed by atoms with Gasteiger partial charge in [-0.2, -0.15) is 11.8 Å². The molecule has 1 fully saturated rings. The van der Waals surface area contributed by atoms with Crippen molar-refractivity contribution in [2.24, 2.45) is 5.73 Å². The second kappa shape index (κ2) is 5.03. The Morgan fingerprint density at radius 2 is 2.29 bits per heavy atom. The highest BCUT2D eigenvalue weighted by Crippen LogP contribution is 2.24. The summed E-state index contributed by atoms with van der Waals surface area (Å²) in [4.78, 5) is 11.3. The van der Waals surface area contributed by atoms with Crippen LogP contribution in [-0.4, -0.2) is 29.0 Å². The van der Waals surface area contributed by atoms with Crippen molar-refractivity contribution < 1.29 is 4.79 Å². The summed E-state index contributed by atoms with van der Waals surface area (Å²) in [6.07, 6.45) is 3.20. The second-order valence-electron chi connectivity index (χ2n) is 4.06. The average molecular weight is 216 g/mol. The molecule has 0 saturated heterocycles. The lowest BCUT2D eigenvalue weighted by atomic mass is 9.98. The first-order valence-electron chi connectivity index (χ1n) is 5.24. The lowest BCUT2D eigenvalue weighted by molar-refractivity contribution is -0.124. The van der Waals surface area contributed by atoms with Crippen LogP contribution in [0.1, 0.15) is 33.1 Å². The smallest absolute Gasteiger partial charge is 0.237 e. The zero-order valence-corrected chi connectivity index (χ0v) is 9.82. The van der Waals surface area contributed by atoms with Crippen molar-refractivity contribution in [1.29, 1.82) is 0 Å². The third-order valence-electron chi connectivity index (χ3n) is 2.59. The van der Waals surface area contributed by atoms with Crippen LogP contribution in [0.4, 0.5) is 0 Å². The fraction of sp³-hybridized carbons (Fsp3) is 0.900. The van der Waals surface area contributed by atoms with Gasteiger partial charge in [0, 0.05) is 6.04 Å². The van der Waals surface area contributed by atoms with E-state index in [2.05, 4.69) is 12.2 Å². The molecule has 4 heteroatoms. The Balaban J connectivity index is 2.38. The number of carbonyl (C=O) groups excluding carboxylic acids is 1. The Labute approximate surface area is 90.2 Å². The predicted molar refractivity (Wildman–Crippen MR) is 61.4 cm³/mol. The Morgan fingerprint density at radius 1 is 1.64 bits per heavy atom. The number of rotatable bonds is 7. The third kappa shape index (κ3) is 3.50. The van der Waals surface area contributed by atoms with Crippen LogP contribution in [0.15, 0.2) is 0 Å². The van der Waals surface area contributed by atoms with Gasteiger partial charge in [0.25, 0.3) is 0 Å². The first-order valence-corrected chi connectivity index (χ1v) is 6.39. The minimum absolute atomic E-state index is 0.221. The summed E-state index contributed by atoms with van der Waals surface area (Å²) in [7, 11) is 0. The van der Waals surface area contributed by atoms with Crippen molar-refractivity contribution in [3.8, 4) is 0 Å². The third-order valence-corrected chi connectivity index (χ3v) is 3.50. The van der Waals surface area contributed by atoms with Crippen molar-refractivity contribution in [3.63, 3.8) is 0 Å². The maximum atomic E-state index is 11.3. The summed E-state index contributed by atoms with van der Waals surface area (Å²) in [6, 6.07) is 0.527. The van der Waals surface area contributed by atoms with Crippen LogP contribution in [0.25, 0.3) is 0 Å². The van der Waals surface area contributed by atoms with E-state index in [4.69, 9.17) is 5.73 Å². The van der Waals surface area contributed by atoms with E-state index in [0.717, 1.165) is 17.9 Å². The molecule has 1 saturated carbocycles. The molecule has 0 bridgehead atoms. The lowest BCUT2D eigenvalue weighted by Crippen LogP contribution is -2.54. The molecule has 1 amide bonds. The summed E-state index contributed by atoms with van der Waals surface area (Å²) < 4.78 is 0. The quantitative estimate of drug-likeness (QED) is 0.627. The molecule has 1 aliphatic rings. The molecule has 1 rings (SSSR count). The van der Waals surface area contributed by atoms with E-state index < -0.39 is 5.54 Å². The van der Waals surface area contributed by atoms with Crippen LogP contribution in [0, 0.1) is 0 Å². The summed E-state index contributed by atoms with van der Waals surface area (Å²) in [5.41, 5.74) is 4.92. The fourth-order valence-corrected chi connectivity index (χ4v) is 2.21. The van der Waals surface area contributed by atoms with Crippen LogP contribution >= 0.6 is 11.8 Å². The Hall–Kier alpha value is -0.220. The van der Waals surface area contributed by atoms with Crippen LogP contribution in [0.3, 0.4) is 0 Å². The number of nitrogens with one attached hydrogen (secondary N) is 1. The molecule has 0 aromatic heterocycles. The molecule has 0 heterocycles. The van der Waals surface area contributed by atoms with Gasteiger partial charge >= 0.3 is 0 Å². The topological polar surface area (TPSA) is 55.1 Å². The molecular formula is C10H20N2OS. The molecule has 82 valence electrons. The van der Waals surface area contributed by atoms with Gasteiger partial charge in [-0.3, -0.25) is 4.79 Å². The molecule has 0 spiro atoms. The number of carbonyl (C=O) groups is 1. The molecule has 1 unspecified atom stereocenters. The zero-order valence-electron chi connectivity index (χ0n) is 9.01. The van der Waals surface area contributed by atoms with Gasteiger partial charge in [0.05, 0.1) is 5.54 Å². The van der Waals surface area contributed by atoms with Crippen molar-refractivity contribution >= 4 is 17.7 Å². The predicted octanol–water partition coefficient (Wildman–Crippen LogP) is 1.13. The van der Waals surface area contributed by atoms with Crippen molar-refractivity contribution in [2.45, 2.75) is 44.7 Å². The number of thioether (sulfide) groups is 1. The van der Waals surface area contributed by atoms with Gasteiger partial charge in [0.2, 0.25) is 5.91 Å². The number of amides is 1. The Bertz CT molecular complexity index is 206. The van der Waals surface area contributed by atoms with E-state index in [0.29, 0.717) is 6.04 Å². The van der Waals surface area contributed by atoms with Crippen molar-refractivity contribution in [2.75, 3.05) is 11.5 Å². The number of nitrogens with two attached hydrogens (primary N) is 1. The summed E-state index contributed by atoms with van der Waals surface area (Å²) in [5.74, 6) is 1.87. The molecule has 0 aromatic carbocycles. The highest BCUT2D eigenvalue weighted by atomic mass is 32.2. The maximum absolute atomic E-state index is 11.3. The minimum atomic E-state index is -0.497. The van der Waals surface area contributed by atoms with Crippen LogP contribution in [0.2, 0.25) is 0 Å². The van der Waals surface area contributed by atoms with E-state index in [-0.39, 0.29) is 5.91 Å². The van der Waals surface area contributed by atoms with Gasteiger partial charge in [0.1, 0.15) is 0 Å². The normalized spacial score (nSPS) is 20.4. The SMILES string of the molecule is CCSCCC(C)(NC1CC1)C(N)=O. The standard InChI is InChI=1S/C10H20N2OS/c1-3-14-7-6-10(2,9(11)13)12-8-4-5-8/h8,12H,3-7H2,1-2H3,(H2,11,13). The molecular weight excluding hydrogens is 196 g/mol. The summed E-state index contributed by atoms with van der Waals surface area (Å²) >= 11 is 1.85. The molecule has 0 radical (unpaired) electrons. The van der Waals surface area contributed by atoms with Crippen LogP contribution in [-0.2, 0) is 4.79 Å². The van der Waals surface area contributed by atoms with E-state index in [1.54, 1.807) is 0 Å². The van der Waals surface area contributed by atoms with E-state index >= 15 is 0 Å². The number of hydrogen-bond acceptors (Lipinski definition) is 3. The van der Waals surface area contributed by atoms with Gasteiger partial charge in [-0.15, -0.1) is 0 Å².